The van der Waals surface area contributed by atoms with Crippen LogP contribution in [0.15, 0.2) is 12.1 Å². The summed E-state index contributed by atoms with van der Waals surface area (Å²) in [7, 11) is 0. The molecule has 0 bridgehead atoms. The zero-order valence-electron chi connectivity index (χ0n) is 7.94. The maximum Gasteiger partial charge on any atom is 0.307 e. The summed E-state index contributed by atoms with van der Waals surface area (Å²) in [5, 5.41) is 19.8. The normalized spacial score (nSPS) is 10.1. The molecule has 1 aromatic carbocycles. The lowest BCUT2D eigenvalue weighted by atomic mass is 10.0. The lowest BCUT2D eigenvalue weighted by Gasteiger charge is -2.06. The van der Waals surface area contributed by atoms with Crippen molar-refractivity contribution in [1.82, 2.24) is 0 Å². The van der Waals surface area contributed by atoms with Crippen LogP contribution in [0.25, 0.3) is 0 Å². The highest BCUT2D eigenvalue weighted by Gasteiger charge is 2.19. The van der Waals surface area contributed by atoms with Gasteiger partial charge in [0.15, 0.2) is 0 Å². The third-order valence-corrected chi connectivity index (χ3v) is 2.73. The molecule has 0 radical (unpaired) electrons. The summed E-state index contributed by atoms with van der Waals surface area (Å²) in [5.41, 5.74) is 0.529. The van der Waals surface area contributed by atoms with Crippen LogP contribution in [-0.2, 0) is 16.5 Å². The van der Waals surface area contributed by atoms with E-state index in [0.717, 1.165) is 0 Å². The van der Waals surface area contributed by atoms with E-state index in [9.17, 15) is 14.9 Å². The zero-order valence-corrected chi connectivity index (χ0v) is 10.3. The van der Waals surface area contributed by atoms with Gasteiger partial charge in [-0.3, -0.25) is 14.9 Å². The Balaban J connectivity index is 3.35. The number of benzene rings is 1. The molecule has 0 heterocycles. The van der Waals surface area contributed by atoms with Crippen molar-refractivity contribution in [2.45, 2.75) is 11.8 Å². The van der Waals surface area contributed by atoms with E-state index in [2.05, 4.69) is 15.9 Å². The number of nitrogens with zero attached hydrogens (tertiary/aromatic N) is 1. The second kappa shape index (κ2) is 5.27. The number of aliphatic carboxylic acids is 1. The van der Waals surface area contributed by atoms with Crippen molar-refractivity contribution in [2.24, 2.45) is 0 Å². The predicted octanol–water partition coefficient (Wildman–Crippen LogP) is 2.77. The average Bonchev–Trinajstić information content (AvgIpc) is 2.15. The molecule has 0 aliphatic heterocycles. The molecule has 86 valence electrons. The van der Waals surface area contributed by atoms with Crippen LogP contribution in [0, 0.1) is 10.1 Å². The van der Waals surface area contributed by atoms with Gasteiger partial charge in [-0.25, -0.2) is 0 Å². The molecule has 0 aromatic heterocycles. The first-order valence-electron chi connectivity index (χ1n) is 4.19. The van der Waals surface area contributed by atoms with Crippen LogP contribution in [0.5, 0.6) is 0 Å². The molecule has 0 saturated heterocycles. The Bertz CT molecular complexity index is 449. The number of carbonyl (C=O) groups is 1. The van der Waals surface area contributed by atoms with E-state index < -0.39 is 10.9 Å². The molecule has 1 aromatic rings. The molecule has 7 heteroatoms. The van der Waals surface area contributed by atoms with Gasteiger partial charge in [-0.15, -0.1) is 0 Å². The fraction of sp³-hybridized carbons (Fsp3) is 0.222. The molecule has 0 aliphatic carbocycles. The fourth-order valence-electron chi connectivity index (χ4n) is 1.32. The van der Waals surface area contributed by atoms with E-state index in [1.165, 1.54) is 12.1 Å². The van der Waals surface area contributed by atoms with Crippen molar-refractivity contribution in [3.63, 3.8) is 0 Å². The Morgan fingerprint density at radius 2 is 2.19 bits per heavy atom. The molecule has 1 N–H and O–H groups in total. The van der Waals surface area contributed by atoms with Crippen molar-refractivity contribution in [1.29, 1.82) is 0 Å². The number of carboxylic acid groups (broad SMARTS) is 1. The van der Waals surface area contributed by atoms with Crippen LogP contribution in [0.4, 0.5) is 5.69 Å². The number of nitro benzene ring substituents is 1. The number of nitro groups is 1. The minimum Gasteiger partial charge on any atom is -0.481 e. The Labute approximate surface area is 104 Å². The number of hydrogen-bond acceptors (Lipinski definition) is 3. The molecule has 0 fully saturated rings. The zero-order chi connectivity index (χ0) is 12.3. The van der Waals surface area contributed by atoms with Gasteiger partial charge in [0.1, 0.15) is 0 Å². The molecule has 1 rings (SSSR count). The maximum atomic E-state index is 10.7. The van der Waals surface area contributed by atoms with Gasteiger partial charge in [0.25, 0.3) is 5.69 Å². The van der Waals surface area contributed by atoms with Crippen LogP contribution < -0.4 is 0 Å². The summed E-state index contributed by atoms with van der Waals surface area (Å²) < 4.78 is 0. The van der Waals surface area contributed by atoms with E-state index in [-0.39, 0.29) is 22.5 Å². The highest BCUT2D eigenvalue weighted by Crippen LogP contribution is 2.29. The summed E-state index contributed by atoms with van der Waals surface area (Å²) in [6.45, 7) is 0. The third-order valence-electron chi connectivity index (χ3n) is 1.96. The molecule has 0 amide bonds. The third kappa shape index (κ3) is 2.93. The van der Waals surface area contributed by atoms with Gasteiger partial charge in [0.05, 0.1) is 11.3 Å². The average molecular weight is 309 g/mol. The van der Waals surface area contributed by atoms with Gasteiger partial charge < -0.3 is 5.11 Å². The SMILES string of the molecule is O=C(O)Cc1cc(Cl)cc([N+](=O)[O-])c1CBr. The first-order chi connectivity index (χ1) is 7.45. The summed E-state index contributed by atoms with van der Waals surface area (Å²) >= 11 is 8.80. The van der Waals surface area contributed by atoms with Gasteiger partial charge in [-0.1, -0.05) is 27.5 Å². The van der Waals surface area contributed by atoms with Crippen LogP contribution in [-0.4, -0.2) is 16.0 Å². The predicted molar refractivity (Wildman–Crippen MR) is 62.1 cm³/mol. The van der Waals surface area contributed by atoms with Gasteiger partial charge >= 0.3 is 5.97 Å². The number of alkyl halides is 1. The van der Waals surface area contributed by atoms with Crippen LogP contribution in [0.2, 0.25) is 5.02 Å². The monoisotopic (exact) mass is 307 g/mol. The van der Waals surface area contributed by atoms with Crippen molar-refractivity contribution in [2.75, 3.05) is 0 Å². The number of hydrogen-bond donors (Lipinski definition) is 1. The molecule has 0 aliphatic rings. The van der Waals surface area contributed by atoms with Crippen molar-refractivity contribution in [3.8, 4) is 0 Å². The highest BCUT2D eigenvalue weighted by molar-refractivity contribution is 9.08. The fourth-order valence-corrected chi connectivity index (χ4v) is 2.20. The summed E-state index contributed by atoms with van der Waals surface area (Å²) in [6, 6.07) is 2.64. The van der Waals surface area contributed by atoms with Crippen LogP contribution in [0.1, 0.15) is 11.1 Å². The molecule has 16 heavy (non-hydrogen) atoms. The van der Waals surface area contributed by atoms with Crippen molar-refractivity contribution < 1.29 is 14.8 Å². The molecular weight excluding hydrogens is 301 g/mol. The topological polar surface area (TPSA) is 80.4 Å². The number of rotatable bonds is 4. The van der Waals surface area contributed by atoms with Crippen LogP contribution in [0.3, 0.4) is 0 Å². The molecule has 0 spiro atoms. The summed E-state index contributed by atoms with van der Waals surface area (Å²) in [4.78, 5) is 20.8. The number of halogens is 2. The number of carboxylic acids is 1. The minimum atomic E-state index is -1.06. The highest BCUT2D eigenvalue weighted by atomic mass is 79.9. The standard InChI is InChI=1S/C9H7BrClNO4/c10-4-7-5(2-9(13)14)1-6(11)3-8(7)12(15)16/h1,3H,2,4H2,(H,13,14). The molecule has 0 atom stereocenters. The Morgan fingerprint density at radius 1 is 1.56 bits per heavy atom. The van der Waals surface area contributed by atoms with E-state index in [1.54, 1.807) is 0 Å². The van der Waals surface area contributed by atoms with Gasteiger partial charge in [0, 0.05) is 22.0 Å². The lowest BCUT2D eigenvalue weighted by Crippen LogP contribution is -2.05. The van der Waals surface area contributed by atoms with Crippen molar-refractivity contribution in [3.05, 3.63) is 38.4 Å². The molecule has 0 unspecified atom stereocenters. The smallest absolute Gasteiger partial charge is 0.307 e. The first kappa shape index (κ1) is 12.9. The maximum absolute atomic E-state index is 10.7. The van der Waals surface area contributed by atoms with Crippen molar-refractivity contribution >= 4 is 39.2 Å². The molecular formula is C9H7BrClNO4. The molecule has 5 nitrogen and oxygen atoms in total. The second-order valence-corrected chi connectivity index (χ2v) is 4.02. The quantitative estimate of drug-likeness (QED) is 0.527. The lowest BCUT2D eigenvalue weighted by molar-refractivity contribution is -0.385. The van der Waals surface area contributed by atoms with E-state index in [1.807, 2.05) is 0 Å². The van der Waals surface area contributed by atoms with Crippen LogP contribution >= 0.6 is 27.5 Å². The Hall–Kier alpha value is -1.14. The van der Waals surface area contributed by atoms with Gasteiger partial charge in [0.2, 0.25) is 0 Å². The van der Waals surface area contributed by atoms with E-state index >= 15 is 0 Å². The van der Waals surface area contributed by atoms with E-state index in [0.29, 0.717) is 11.1 Å². The molecule has 0 saturated carbocycles. The summed E-state index contributed by atoms with van der Waals surface area (Å²) in [6.07, 6.45) is -0.289. The minimum absolute atomic E-state index is 0.160. The van der Waals surface area contributed by atoms with E-state index in [4.69, 9.17) is 16.7 Å². The van der Waals surface area contributed by atoms with Gasteiger partial charge in [-0.05, 0) is 11.6 Å². The first-order valence-corrected chi connectivity index (χ1v) is 5.69. The van der Waals surface area contributed by atoms with Gasteiger partial charge in [-0.2, -0.15) is 0 Å². The largest absolute Gasteiger partial charge is 0.481 e. The summed E-state index contributed by atoms with van der Waals surface area (Å²) in [5.74, 6) is -1.06. The second-order valence-electron chi connectivity index (χ2n) is 3.02. The Kier molecular flexibility index (Phi) is 4.26. The Morgan fingerprint density at radius 3 is 2.62 bits per heavy atom.